The molecule has 0 fully saturated rings. The Labute approximate surface area is 194 Å². The summed E-state index contributed by atoms with van der Waals surface area (Å²) in [5.74, 6) is -1.58. The summed E-state index contributed by atoms with van der Waals surface area (Å²) >= 11 is 0. The monoisotopic (exact) mass is 486 g/mol. The van der Waals surface area contributed by atoms with Crippen molar-refractivity contribution < 1.29 is 37.4 Å². The lowest BCUT2D eigenvalue weighted by atomic mass is 10.0. The molecule has 0 spiro atoms. The van der Waals surface area contributed by atoms with Crippen molar-refractivity contribution in [2.45, 2.75) is 6.18 Å². The summed E-state index contributed by atoms with van der Waals surface area (Å²) in [4.78, 5) is 40.3. The molecular weight excluding hydrogens is 471 g/mol. The van der Waals surface area contributed by atoms with Gasteiger partial charge in [-0.1, -0.05) is 18.2 Å². The van der Waals surface area contributed by atoms with Gasteiger partial charge in [-0.2, -0.15) is 18.3 Å². The zero-order valence-corrected chi connectivity index (χ0v) is 18.1. The minimum absolute atomic E-state index is 0.0256. The normalized spacial score (nSPS) is 11.5. The van der Waals surface area contributed by atoms with Crippen LogP contribution in [0.25, 0.3) is 22.3 Å². The van der Waals surface area contributed by atoms with Crippen LogP contribution in [0.1, 0.15) is 26.5 Å². The maximum Gasteiger partial charge on any atom is 0.417 e. The average Bonchev–Trinajstić information content (AvgIpc) is 3.38. The number of ether oxygens (including phenoxy) is 1. The second-order valence-corrected chi connectivity index (χ2v) is 7.27. The summed E-state index contributed by atoms with van der Waals surface area (Å²) < 4.78 is 46.8. The molecule has 4 aromatic rings. The number of anilines is 1. The lowest BCUT2D eigenvalue weighted by Crippen LogP contribution is -2.29. The summed E-state index contributed by atoms with van der Waals surface area (Å²) in [6.45, 7) is 0. The number of nitrogens with zero attached hydrogens (tertiary/aromatic N) is 4. The first kappa shape index (κ1) is 23.5. The van der Waals surface area contributed by atoms with Crippen LogP contribution in [0.4, 0.5) is 23.8 Å². The summed E-state index contributed by atoms with van der Waals surface area (Å²) in [5, 5.41) is 18.4. The molecule has 10 nitrogen and oxygen atoms in total. The highest BCUT2D eigenvalue weighted by Gasteiger charge is 2.34. The van der Waals surface area contributed by atoms with Gasteiger partial charge in [-0.05, 0) is 24.3 Å². The van der Waals surface area contributed by atoms with E-state index >= 15 is 0 Å². The third-order valence-electron chi connectivity index (χ3n) is 5.09. The number of rotatable bonds is 4. The van der Waals surface area contributed by atoms with E-state index < -0.39 is 29.7 Å². The molecule has 1 N–H and O–H groups in total. The van der Waals surface area contributed by atoms with Crippen molar-refractivity contribution in [3.8, 4) is 11.3 Å². The van der Waals surface area contributed by atoms with Crippen LogP contribution in [0.2, 0.25) is 0 Å². The van der Waals surface area contributed by atoms with E-state index in [0.717, 1.165) is 23.9 Å². The van der Waals surface area contributed by atoms with Gasteiger partial charge in [-0.15, -0.1) is 0 Å². The second-order valence-electron chi connectivity index (χ2n) is 7.27. The first-order valence-electron chi connectivity index (χ1n) is 9.85. The largest absolute Gasteiger partial charge is 0.529 e. The fourth-order valence-corrected chi connectivity index (χ4v) is 3.55. The number of carbonyl (C=O) groups is 3. The SMILES string of the molecule is COC(=O)c1cc(C(=O)Nc2ccc3cc(-c4ccccc4C(F)(F)F)n(C(=O)[O-])c3n2)n(C)n1. The molecule has 4 rings (SSSR count). The van der Waals surface area contributed by atoms with Crippen LogP contribution in [0.3, 0.4) is 0 Å². The van der Waals surface area contributed by atoms with Crippen LogP contribution >= 0.6 is 0 Å². The Balaban J connectivity index is 1.76. The number of amides is 1. The van der Waals surface area contributed by atoms with Crippen LogP contribution in [-0.2, 0) is 18.0 Å². The third kappa shape index (κ3) is 4.30. The molecule has 0 aliphatic rings. The molecule has 1 amide bonds. The van der Waals surface area contributed by atoms with E-state index in [2.05, 4.69) is 20.1 Å². The second kappa shape index (κ2) is 8.59. The van der Waals surface area contributed by atoms with Gasteiger partial charge in [-0.25, -0.2) is 9.78 Å². The Morgan fingerprint density at radius 1 is 1.09 bits per heavy atom. The molecule has 3 heterocycles. The van der Waals surface area contributed by atoms with Crippen LogP contribution in [0, 0.1) is 0 Å². The molecule has 0 saturated carbocycles. The summed E-state index contributed by atoms with van der Waals surface area (Å²) in [7, 11) is 2.58. The fourth-order valence-electron chi connectivity index (χ4n) is 3.55. The fraction of sp³-hybridized carbons (Fsp3) is 0.136. The van der Waals surface area contributed by atoms with Crippen molar-refractivity contribution in [2.24, 2.45) is 7.05 Å². The van der Waals surface area contributed by atoms with E-state index in [0.29, 0.717) is 4.57 Å². The number of nitrogens with one attached hydrogen (secondary N) is 1. The van der Waals surface area contributed by atoms with Crippen LogP contribution in [0.5, 0.6) is 0 Å². The van der Waals surface area contributed by atoms with Crippen molar-refractivity contribution in [1.82, 2.24) is 19.3 Å². The highest BCUT2D eigenvalue weighted by molar-refractivity contribution is 6.04. The number of alkyl halides is 3. The van der Waals surface area contributed by atoms with E-state index in [1.165, 1.54) is 43.4 Å². The van der Waals surface area contributed by atoms with Crippen molar-refractivity contribution in [3.05, 3.63) is 65.5 Å². The first-order chi connectivity index (χ1) is 16.5. The van der Waals surface area contributed by atoms with E-state index in [1.807, 2.05) is 0 Å². The van der Waals surface area contributed by atoms with Gasteiger partial charge >= 0.3 is 12.1 Å². The summed E-state index contributed by atoms with van der Waals surface area (Å²) in [6, 6.07) is 9.67. The van der Waals surface area contributed by atoms with E-state index in [1.54, 1.807) is 0 Å². The predicted octanol–water partition coefficient (Wildman–Crippen LogP) is 2.69. The van der Waals surface area contributed by atoms with Gasteiger partial charge in [0.25, 0.3) is 5.91 Å². The molecule has 3 aromatic heterocycles. The van der Waals surface area contributed by atoms with Gasteiger partial charge in [0, 0.05) is 24.1 Å². The van der Waals surface area contributed by atoms with E-state index in [9.17, 15) is 32.7 Å². The maximum absolute atomic E-state index is 13.5. The van der Waals surface area contributed by atoms with Gasteiger partial charge in [0.15, 0.2) is 5.69 Å². The minimum atomic E-state index is -4.73. The number of pyridine rings is 1. The summed E-state index contributed by atoms with van der Waals surface area (Å²) in [6.07, 6.45) is -6.54. The molecule has 0 radical (unpaired) electrons. The van der Waals surface area contributed by atoms with E-state index in [4.69, 9.17) is 0 Å². The molecule has 0 saturated heterocycles. The molecule has 0 aliphatic heterocycles. The van der Waals surface area contributed by atoms with Crippen molar-refractivity contribution in [3.63, 3.8) is 0 Å². The standard InChI is InChI=1S/C22H16F3N5O5/c1-29-16(10-14(28-29)20(32)35-2)19(31)27-17-8-7-11-9-15(30(21(33)34)18(11)26-17)12-5-3-4-6-13(12)22(23,24)25/h3-10H,1-2H3,(H,33,34)(H,26,27,31)/p-1. The number of aryl methyl sites for hydroxylation is 1. The lowest BCUT2D eigenvalue weighted by molar-refractivity contribution is -0.249. The Morgan fingerprint density at radius 2 is 1.80 bits per heavy atom. The average molecular weight is 486 g/mol. The Morgan fingerprint density at radius 3 is 2.46 bits per heavy atom. The van der Waals surface area contributed by atoms with Crippen molar-refractivity contribution in [2.75, 3.05) is 12.4 Å². The van der Waals surface area contributed by atoms with Gasteiger partial charge in [0.05, 0.1) is 18.4 Å². The van der Waals surface area contributed by atoms with Gasteiger partial charge in [-0.3, -0.25) is 14.0 Å². The number of carboxylic acid groups (broad SMARTS) is 1. The number of hydrogen-bond donors (Lipinski definition) is 1. The number of aromatic nitrogens is 4. The molecule has 13 heteroatoms. The molecule has 0 unspecified atom stereocenters. The third-order valence-corrected chi connectivity index (χ3v) is 5.09. The highest BCUT2D eigenvalue weighted by atomic mass is 19.4. The Bertz CT molecular complexity index is 1490. The quantitative estimate of drug-likeness (QED) is 0.439. The molecule has 0 aliphatic carbocycles. The van der Waals surface area contributed by atoms with Crippen LogP contribution in [0.15, 0.2) is 48.5 Å². The van der Waals surface area contributed by atoms with Gasteiger partial charge in [0.2, 0.25) is 0 Å². The van der Waals surface area contributed by atoms with Gasteiger partial charge in [0.1, 0.15) is 23.3 Å². The van der Waals surface area contributed by atoms with Crippen LogP contribution < -0.4 is 10.4 Å². The number of hydrogen-bond acceptors (Lipinski definition) is 7. The first-order valence-corrected chi connectivity index (χ1v) is 9.85. The smallest absolute Gasteiger partial charge is 0.417 e. The number of methoxy groups -OCH3 is 1. The van der Waals surface area contributed by atoms with Crippen molar-refractivity contribution >= 4 is 34.8 Å². The molecule has 0 bridgehead atoms. The predicted molar refractivity (Wildman–Crippen MR) is 113 cm³/mol. The zero-order chi connectivity index (χ0) is 25.5. The molecule has 35 heavy (non-hydrogen) atoms. The van der Waals surface area contributed by atoms with Gasteiger partial charge < -0.3 is 20.0 Å². The van der Waals surface area contributed by atoms with Crippen LogP contribution in [-0.4, -0.2) is 44.4 Å². The highest BCUT2D eigenvalue weighted by Crippen LogP contribution is 2.38. The Hall–Kier alpha value is -4.68. The number of benzene rings is 1. The van der Waals surface area contributed by atoms with E-state index in [-0.39, 0.29) is 39.5 Å². The minimum Gasteiger partial charge on any atom is -0.529 e. The number of fused-ring (bicyclic) bond motifs is 1. The topological polar surface area (TPSA) is 131 Å². The summed E-state index contributed by atoms with van der Waals surface area (Å²) in [5.41, 5.74) is -2.08. The molecule has 180 valence electrons. The van der Waals surface area contributed by atoms with Crippen molar-refractivity contribution in [1.29, 1.82) is 0 Å². The lowest BCUT2D eigenvalue weighted by Gasteiger charge is -2.15. The Kier molecular flexibility index (Phi) is 5.76. The number of halogens is 3. The molecule has 0 atom stereocenters. The zero-order valence-electron chi connectivity index (χ0n) is 18.1. The number of esters is 1. The molecular formula is C22H15F3N5O5-. The molecule has 1 aromatic carbocycles. The number of carbonyl (C=O) groups excluding carboxylic acids is 3. The maximum atomic E-state index is 13.5.